The summed E-state index contributed by atoms with van der Waals surface area (Å²) in [4.78, 5) is 0. The van der Waals surface area contributed by atoms with Crippen LogP contribution in [-0.4, -0.2) is 115 Å². The van der Waals surface area contributed by atoms with Gasteiger partial charge in [0.05, 0.1) is 13.2 Å². The highest BCUT2D eigenvalue weighted by molar-refractivity contribution is 7.99. The van der Waals surface area contributed by atoms with Gasteiger partial charge >= 0.3 is 0 Å². The van der Waals surface area contributed by atoms with Crippen molar-refractivity contribution in [2.75, 3.05) is 19.0 Å². The predicted octanol–water partition coefficient (Wildman–Crippen LogP) is 0.265. The SMILES string of the molecule is CCCCCCCCCCCCS[C@@H]1O[C@H](CO)[C@@H](O[C@@H]2O[C@H](CO)[C@@H](O)[C@H](O)[C@H]2O)[C@H](O)[C@H]1O. The highest BCUT2D eigenvalue weighted by atomic mass is 32.2. The maximum Gasteiger partial charge on any atom is 0.187 e. The lowest BCUT2D eigenvalue weighted by Gasteiger charge is -2.46. The summed E-state index contributed by atoms with van der Waals surface area (Å²) in [6, 6.07) is 0. The summed E-state index contributed by atoms with van der Waals surface area (Å²) in [6.45, 7) is 1.08. The molecule has 0 amide bonds. The fourth-order valence-electron chi connectivity index (χ4n) is 4.48. The van der Waals surface area contributed by atoms with E-state index < -0.39 is 73.8 Å². The molecule has 0 bridgehead atoms. The van der Waals surface area contributed by atoms with Gasteiger partial charge in [-0.25, -0.2) is 0 Å². The Bertz CT molecular complexity index is 554. The zero-order valence-corrected chi connectivity index (χ0v) is 21.5. The lowest BCUT2D eigenvalue weighted by Crippen LogP contribution is -2.64. The van der Waals surface area contributed by atoms with E-state index in [1.54, 1.807) is 0 Å². The molecule has 208 valence electrons. The van der Waals surface area contributed by atoms with Crippen molar-refractivity contribution in [2.24, 2.45) is 0 Å². The number of ether oxygens (including phenoxy) is 3. The van der Waals surface area contributed by atoms with Crippen molar-refractivity contribution >= 4 is 11.8 Å². The molecule has 0 radical (unpaired) electrons. The lowest BCUT2D eigenvalue weighted by atomic mass is 9.97. The molecule has 11 heteroatoms. The molecule has 2 aliphatic heterocycles. The van der Waals surface area contributed by atoms with Crippen LogP contribution in [-0.2, 0) is 14.2 Å². The quantitative estimate of drug-likeness (QED) is 0.138. The van der Waals surface area contributed by atoms with Crippen LogP contribution in [0, 0.1) is 0 Å². The molecule has 0 aromatic rings. The summed E-state index contributed by atoms with van der Waals surface area (Å²) in [5.74, 6) is 0.737. The summed E-state index contributed by atoms with van der Waals surface area (Å²) in [7, 11) is 0. The smallest absolute Gasteiger partial charge is 0.187 e. The molecule has 10 nitrogen and oxygen atoms in total. The highest BCUT2D eigenvalue weighted by Gasteiger charge is 2.50. The number of aliphatic hydroxyl groups is 7. The zero-order valence-electron chi connectivity index (χ0n) is 20.7. The Morgan fingerprint density at radius 2 is 1.20 bits per heavy atom. The molecule has 2 heterocycles. The van der Waals surface area contributed by atoms with E-state index in [0.29, 0.717) is 0 Å². The van der Waals surface area contributed by atoms with Crippen molar-refractivity contribution in [2.45, 2.75) is 132 Å². The molecule has 0 aromatic carbocycles. The van der Waals surface area contributed by atoms with E-state index in [2.05, 4.69) is 6.92 Å². The van der Waals surface area contributed by atoms with Crippen molar-refractivity contribution in [1.29, 1.82) is 0 Å². The second-order valence-corrected chi connectivity index (χ2v) is 10.8. The number of rotatable bonds is 16. The third-order valence-electron chi connectivity index (χ3n) is 6.74. The minimum Gasteiger partial charge on any atom is -0.394 e. The average Bonchev–Trinajstić information content (AvgIpc) is 2.86. The Morgan fingerprint density at radius 1 is 0.629 bits per heavy atom. The molecule has 0 aromatic heterocycles. The first-order valence-electron chi connectivity index (χ1n) is 13.1. The van der Waals surface area contributed by atoms with Crippen LogP contribution in [0.15, 0.2) is 0 Å². The summed E-state index contributed by atoms with van der Waals surface area (Å²) in [5, 5.41) is 70.4. The fraction of sp³-hybridized carbons (Fsp3) is 1.00. The molecule has 2 saturated heterocycles. The highest BCUT2D eigenvalue weighted by Crippen LogP contribution is 2.33. The van der Waals surface area contributed by atoms with Gasteiger partial charge < -0.3 is 50.0 Å². The summed E-state index contributed by atoms with van der Waals surface area (Å²) < 4.78 is 16.7. The normalized spacial score (nSPS) is 38.1. The molecule has 7 N–H and O–H groups in total. The van der Waals surface area contributed by atoms with Crippen LogP contribution in [0.3, 0.4) is 0 Å². The molecular weight excluding hydrogens is 480 g/mol. The molecule has 10 atom stereocenters. The van der Waals surface area contributed by atoms with Gasteiger partial charge in [-0.15, -0.1) is 11.8 Å². The van der Waals surface area contributed by atoms with E-state index in [-0.39, 0.29) is 0 Å². The molecule has 2 rings (SSSR count). The standard InChI is InChI=1S/C24H46O10S/c1-2-3-4-5-6-7-8-9-10-11-12-35-24-21(31)19(29)22(16(14-26)33-24)34-23-20(30)18(28)17(27)15(13-25)32-23/h15-31H,2-14H2,1H3/t15-,16-,17-,18+,19-,20-,21-,22-,23+,24+/m1/s1. The Labute approximate surface area is 212 Å². The lowest BCUT2D eigenvalue weighted by molar-refractivity contribution is -0.338. The van der Waals surface area contributed by atoms with Crippen molar-refractivity contribution in [3.63, 3.8) is 0 Å². The third kappa shape index (κ3) is 9.33. The van der Waals surface area contributed by atoms with Crippen molar-refractivity contribution in [3.8, 4) is 0 Å². The van der Waals surface area contributed by atoms with Crippen LogP contribution in [0.2, 0.25) is 0 Å². The number of thioether (sulfide) groups is 1. The van der Waals surface area contributed by atoms with Crippen LogP contribution < -0.4 is 0 Å². The van der Waals surface area contributed by atoms with E-state index >= 15 is 0 Å². The van der Waals surface area contributed by atoms with Crippen LogP contribution in [0.1, 0.15) is 71.1 Å². The average molecular weight is 527 g/mol. The van der Waals surface area contributed by atoms with Crippen molar-refractivity contribution in [3.05, 3.63) is 0 Å². The second-order valence-electron chi connectivity index (χ2n) is 9.56. The van der Waals surface area contributed by atoms with Gasteiger partial charge in [-0.3, -0.25) is 0 Å². The number of hydrogen-bond donors (Lipinski definition) is 7. The first kappa shape index (κ1) is 31.2. The van der Waals surface area contributed by atoms with Gasteiger partial charge in [0.2, 0.25) is 0 Å². The molecular formula is C24H46O10S. The van der Waals surface area contributed by atoms with E-state index in [4.69, 9.17) is 14.2 Å². The molecule has 2 fully saturated rings. The van der Waals surface area contributed by atoms with Crippen LogP contribution in [0.25, 0.3) is 0 Å². The van der Waals surface area contributed by atoms with Crippen LogP contribution in [0.4, 0.5) is 0 Å². The van der Waals surface area contributed by atoms with Gasteiger partial charge in [0.1, 0.15) is 54.3 Å². The molecule has 0 unspecified atom stereocenters. The monoisotopic (exact) mass is 526 g/mol. The number of unbranched alkanes of at least 4 members (excludes halogenated alkanes) is 9. The maximum atomic E-state index is 10.7. The number of hydrogen-bond acceptors (Lipinski definition) is 11. The van der Waals surface area contributed by atoms with Gasteiger partial charge in [0.15, 0.2) is 6.29 Å². The van der Waals surface area contributed by atoms with E-state index in [1.165, 1.54) is 63.1 Å². The maximum absolute atomic E-state index is 10.7. The van der Waals surface area contributed by atoms with E-state index in [1.807, 2.05) is 0 Å². The summed E-state index contributed by atoms with van der Waals surface area (Å²) in [5.41, 5.74) is -0.754. The minimum absolute atomic E-state index is 0.513. The van der Waals surface area contributed by atoms with Gasteiger partial charge in [0, 0.05) is 0 Å². The Hall–Kier alpha value is -0.0500. The van der Waals surface area contributed by atoms with Gasteiger partial charge in [0.25, 0.3) is 0 Å². The van der Waals surface area contributed by atoms with Gasteiger partial charge in [-0.05, 0) is 12.2 Å². The topological polar surface area (TPSA) is 169 Å². The molecule has 0 spiro atoms. The summed E-state index contributed by atoms with van der Waals surface area (Å²) in [6.07, 6.45) is -0.352. The molecule has 0 aliphatic carbocycles. The Kier molecular flexibility index (Phi) is 14.9. The second kappa shape index (κ2) is 16.7. The largest absolute Gasteiger partial charge is 0.394 e. The van der Waals surface area contributed by atoms with E-state index in [0.717, 1.165) is 18.6 Å². The predicted molar refractivity (Wildman–Crippen MR) is 131 cm³/mol. The van der Waals surface area contributed by atoms with Crippen molar-refractivity contribution < 1.29 is 50.0 Å². The van der Waals surface area contributed by atoms with Gasteiger partial charge in [-0.1, -0.05) is 64.7 Å². The fourth-order valence-corrected chi connectivity index (χ4v) is 5.66. The zero-order chi connectivity index (χ0) is 25.8. The van der Waals surface area contributed by atoms with Crippen LogP contribution >= 0.6 is 11.8 Å². The first-order chi connectivity index (χ1) is 16.8. The molecule has 2 aliphatic rings. The van der Waals surface area contributed by atoms with Crippen LogP contribution in [0.5, 0.6) is 0 Å². The van der Waals surface area contributed by atoms with Gasteiger partial charge in [-0.2, -0.15) is 0 Å². The van der Waals surface area contributed by atoms with Crippen molar-refractivity contribution in [1.82, 2.24) is 0 Å². The first-order valence-corrected chi connectivity index (χ1v) is 14.1. The van der Waals surface area contributed by atoms with E-state index in [9.17, 15) is 35.7 Å². The summed E-state index contributed by atoms with van der Waals surface area (Å²) >= 11 is 1.37. The Balaban J connectivity index is 1.74. The minimum atomic E-state index is -1.67. The molecule has 0 saturated carbocycles. The Morgan fingerprint density at radius 3 is 1.77 bits per heavy atom. The third-order valence-corrected chi connectivity index (χ3v) is 7.98. The number of aliphatic hydroxyl groups excluding tert-OH is 7. The molecule has 35 heavy (non-hydrogen) atoms.